The van der Waals surface area contributed by atoms with Crippen molar-refractivity contribution in [3.63, 3.8) is 0 Å². The number of nitrogens with zero attached hydrogens (tertiary/aromatic N) is 3. The summed E-state index contributed by atoms with van der Waals surface area (Å²) >= 11 is 0. The molecule has 176 valence electrons. The fraction of sp³-hybridized carbons (Fsp3) is 0.136. The van der Waals surface area contributed by atoms with Crippen molar-refractivity contribution < 1.29 is 36.0 Å². The molecule has 0 saturated heterocycles. The Morgan fingerprint density at radius 1 is 1.06 bits per heavy atom. The zero-order chi connectivity index (χ0) is 24.6. The van der Waals surface area contributed by atoms with Crippen LogP contribution in [0.25, 0.3) is 22.8 Å². The smallest absolute Gasteiger partial charge is 0.416 e. The van der Waals surface area contributed by atoms with Crippen LogP contribution in [0.3, 0.4) is 0 Å². The van der Waals surface area contributed by atoms with Gasteiger partial charge in [-0.15, -0.1) is 0 Å². The predicted octanol–water partition coefficient (Wildman–Crippen LogP) is 5.86. The first-order chi connectivity index (χ1) is 16.0. The number of aryl methyl sites for hydroxylation is 1. The van der Waals surface area contributed by atoms with Gasteiger partial charge in [0.05, 0.1) is 22.5 Å². The largest absolute Gasteiger partial charge is 0.503 e. The van der Waals surface area contributed by atoms with Gasteiger partial charge >= 0.3 is 6.18 Å². The Labute approximate surface area is 187 Å². The molecule has 34 heavy (non-hydrogen) atoms. The SMILES string of the molecule is Cc1ncc(-c2noc(-c3ccc(F)c(O)c3F)n2)cc1NCc1ccc(F)cc1C(F)(F)F. The van der Waals surface area contributed by atoms with E-state index in [-0.39, 0.29) is 35.0 Å². The first-order valence-corrected chi connectivity index (χ1v) is 9.62. The van der Waals surface area contributed by atoms with Crippen LogP contribution in [0, 0.1) is 24.4 Å². The lowest BCUT2D eigenvalue weighted by Gasteiger charge is -2.15. The molecule has 2 heterocycles. The van der Waals surface area contributed by atoms with Crippen LogP contribution in [0.2, 0.25) is 0 Å². The van der Waals surface area contributed by atoms with Crippen molar-refractivity contribution in [3.05, 3.63) is 76.9 Å². The minimum atomic E-state index is -4.74. The first kappa shape index (κ1) is 23.1. The summed E-state index contributed by atoms with van der Waals surface area (Å²) in [6, 6.07) is 5.73. The lowest BCUT2D eigenvalue weighted by Crippen LogP contribution is -2.13. The molecule has 6 nitrogen and oxygen atoms in total. The molecule has 12 heteroatoms. The van der Waals surface area contributed by atoms with Gasteiger partial charge in [-0.1, -0.05) is 11.2 Å². The molecule has 0 aliphatic carbocycles. The second kappa shape index (κ2) is 8.69. The summed E-state index contributed by atoms with van der Waals surface area (Å²) < 4.78 is 85.5. The average Bonchev–Trinajstić information content (AvgIpc) is 3.27. The minimum Gasteiger partial charge on any atom is -0.503 e. The molecule has 4 rings (SSSR count). The van der Waals surface area contributed by atoms with Gasteiger partial charge in [0.1, 0.15) is 5.82 Å². The van der Waals surface area contributed by atoms with Gasteiger partial charge in [-0.3, -0.25) is 4.98 Å². The van der Waals surface area contributed by atoms with Crippen molar-refractivity contribution in [1.82, 2.24) is 15.1 Å². The lowest BCUT2D eigenvalue weighted by molar-refractivity contribution is -0.138. The third kappa shape index (κ3) is 4.51. The van der Waals surface area contributed by atoms with Crippen LogP contribution in [0.5, 0.6) is 5.75 Å². The third-order valence-corrected chi connectivity index (χ3v) is 4.92. The van der Waals surface area contributed by atoms with Crippen LogP contribution in [0.4, 0.5) is 32.0 Å². The molecule has 0 bridgehead atoms. The molecule has 0 amide bonds. The second-order valence-electron chi connectivity index (χ2n) is 7.19. The van der Waals surface area contributed by atoms with E-state index in [1.54, 1.807) is 6.92 Å². The highest BCUT2D eigenvalue weighted by Crippen LogP contribution is 2.34. The summed E-state index contributed by atoms with van der Waals surface area (Å²) in [5, 5.41) is 16.0. The first-order valence-electron chi connectivity index (χ1n) is 9.62. The Balaban J connectivity index is 1.61. The van der Waals surface area contributed by atoms with Gasteiger partial charge in [0.25, 0.3) is 5.89 Å². The van der Waals surface area contributed by atoms with Crippen molar-refractivity contribution >= 4 is 5.69 Å². The minimum absolute atomic E-state index is 0.0356. The number of aromatic nitrogens is 3. The molecule has 0 radical (unpaired) electrons. The highest BCUT2D eigenvalue weighted by molar-refractivity contribution is 5.65. The Hall–Kier alpha value is -4.09. The molecule has 0 unspecified atom stereocenters. The molecule has 4 aromatic rings. The summed E-state index contributed by atoms with van der Waals surface area (Å²) in [5.74, 6) is -5.01. The van der Waals surface area contributed by atoms with E-state index in [1.165, 1.54) is 12.3 Å². The molecule has 0 atom stereocenters. The average molecular weight is 480 g/mol. The van der Waals surface area contributed by atoms with E-state index >= 15 is 0 Å². The molecule has 0 spiro atoms. The van der Waals surface area contributed by atoms with Gasteiger partial charge in [0.2, 0.25) is 5.82 Å². The van der Waals surface area contributed by atoms with Gasteiger partial charge < -0.3 is 14.9 Å². The number of rotatable bonds is 5. The predicted molar refractivity (Wildman–Crippen MR) is 108 cm³/mol. The fourth-order valence-electron chi connectivity index (χ4n) is 3.15. The van der Waals surface area contributed by atoms with E-state index in [0.717, 1.165) is 24.3 Å². The Morgan fingerprint density at radius 2 is 1.82 bits per heavy atom. The third-order valence-electron chi connectivity index (χ3n) is 4.92. The number of aromatic hydroxyl groups is 1. The zero-order valence-electron chi connectivity index (χ0n) is 17.2. The maximum atomic E-state index is 14.1. The summed E-state index contributed by atoms with van der Waals surface area (Å²) in [6.45, 7) is 1.33. The Kier molecular flexibility index (Phi) is 5.90. The van der Waals surface area contributed by atoms with Gasteiger partial charge in [-0.05, 0) is 42.8 Å². The molecule has 0 saturated carbocycles. The molecule has 2 N–H and O–H groups in total. The van der Waals surface area contributed by atoms with E-state index in [0.29, 0.717) is 17.4 Å². The number of benzene rings is 2. The summed E-state index contributed by atoms with van der Waals surface area (Å²) in [7, 11) is 0. The van der Waals surface area contributed by atoms with E-state index in [1.807, 2.05) is 0 Å². The topological polar surface area (TPSA) is 84.1 Å². The van der Waals surface area contributed by atoms with Crippen LogP contribution in [0.1, 0.15) is 16.8 Å². The van der Waals surface area contributed by atoms with Crippen LogP contribution >= 0.6 is 0 Å². The standard InChI is InChI=1S/C22H14F6N4O2/c1-10-17(30-8-11-2-3-13(23)7-15(11)22(26,27)28)6-12(9-29-10)20-31-21(34-32-20)14-4-5-16(24)19(33)18(14)25/h2-7,9,30,33H,8H2,1H3. The van der Waals surface area contributed by atoms with E-state index in [4.69, 9.17) is 4.52 Å². The van der Waals surface area contributed by atoms with Crippen molar-refractivity contribution in [2.75, 3.05) is 5.32 Å². The highest BCUT2D eigenvalue weighted by Gasteiger charge is 2.33. The molecule has 2 aromatic heterocycles. The summed E-state index contributed by atoms with van der Waals surface area (Å²) in [5.41, 5.74) is -0.539. The van der Waals surface area contributed by atoms with Gasteiger partial charge in [-0.25, -0.2) is 13.2 Å². The van der Waals surface area contributed by atoms with Crippen LogP contribution < -0.4 is 5.32 Å². The zero-order valence-corrected chi connectivity index (χ0v) is 17.2. The maximum Gasteiger partial charge on any atom is 0.416 e. The van der Waals surface area contributed by atoms with Crippen molar-refractivity contribution in [3.8, 4) is 28.6 Å². The molecule has 0 fully saturated rings. The van der Waals surface area contributed by atoms with Crippen LogP contribution in [0.15, 0.2) is 47.1 Å². The maximum absolute atomic E-state index is 14.1. The number of hydrogen-bond acceptors (Lipinski definition) is 6. The number of alkyl halides is 3. The number of nitrogens with one attached hydrogen (secondary N) is 1. The van der Waals surface area contributed by atoms with E-state index < -0.39 is 34.9 Å². The Morgan fingerprint density at radius 3 is 2.56 bits per heavy atom. The summed E-state index contributed by atoms with van der Waals surface area (Å²) in [4.78, 5) is 8.17. The number of phenols is 1. The van der Waals surface area contributed by atoms with Gasteiger partial charge in [-0.2, -0.15) is 18.2 Å². The monoisotopic (exact) mass is 480 g/mol. The number of hydrogen-bond donors (Lipinski definition) is 2. The van der Waals surface area contributed by atoms with Crippen molar-refractivity contribution in [2.24, 2.45) is 0 Å². The van der Waals surface area contributed by atoms with Crippen molar-refractivity contribution in [2.45, 2.75) is 19.6 Å². The van der Waals surface area contributed by atoms with E-state index in [2.05, 4.69) is 20.4 Å². The number of anilines is 1. The second-order valence-corrected chi connectivity index (χ2v) is 7.19. The quantitative estimate of drug-likeness (QED) is 0.348. The van der Waals surface area contributed by atoms with E-state index in [9.17, 15) is 31.4 Å². The molecular weight excluding hydrogens is 466 g/mol. The van der Waals surface area contributed by atoms with Crippen molar-refractivity contribution in [1.29, 1.82) is 0 Å². The lowest BCUT2D eigenvalue weighted by atomic mass is 10.1. The number of halogens is 6. The number of phenolic OH excluding ortho intramolecular Hbond substituents is 1. The number of pyridine rings is 1. The highest BCUT2D eigenvalue weighted by atomic mass is 19.4. The fourth-order valence-corrected chi connectivity index (χ4v) is 3.15. The molecule has 0 aliphatic rings. The normalized spacial score (nSPS) is 11.6. The van der Waals surface area contributed by atoms with Gasteiger partial charge in [0, 0.05) is 18.3 Å². The van der Waals surface area contributed by atoms with Crippen LogP contribution in [-0.4, -0.2) is 20.2 Å². The molecule has 2 aromatic carbocycles. The Bertz CT molecular complexity index is 1370. The molecule has 0 aliphatic heterocycles. The van der Waals surface area contributed by atoms with Crippen LogP contribution in [-0.2, 0) is 12.7 Å². The molecular formula is C22H14F6N4O2. The summed E-state index contributed by atoms with van der Waals surface area (Å²) in [6.07, 6.45) is -3.37. The van der Waals surface area contributed by atoms with Gasteiger partial charge in [0.15, 0.2) is 17.4 Å².